The van der Waals surface area contributed by atoms with Crippen molar-refractivity contribution in [2.24, 2.45) is 0 Å². The van der Waals surface area contributed by atoms with Crippen LogP contribution >= 0.6 is 0 Å². The highest BCUT2D eigenvalue weighted by molar-refractivity contribution is 5.67. The summed E-state index contributed by atoms with van der Waals surface area (Å²) in [7, 11) is 1.71. The minimum atomic E-state index is -0.270. The Labute approximate surface area is 291 Å². The fourth-order valence-electron chi connectivity index (χ4n) is 7.41. The molecule has 2 bridgehead atoms. The predicted octanol–water partition coefficient (Wildman–Crippen LogP) is 4.56. The highest BCUT2D eigenvalue weighted by Gasteiger charge is 2.42. The molecular weight excluding hydrogens is 638 g/mol. The highest BCUT2D eigenvalue weighted by Crippen LogP contribution is 2.39. The molecule has 0 spiro atoms. The van der Waals surface area contributed by atoms with Crippen LogP contribution in [0.4, 0.5) is 11.6 Å². The summed E-state index contributed by atoms with van der Waals surface area (Å²) < 4.78 is 27.2. The molecule has 3 aliphatic rings. The molecule has 50 heavy (non-hydrogen) atoms. The second kappa shape index (κ2) is 15.5. The van der Waals surface area contributed by atoms with Gasteiger partial charge in [-0.2, -0.15) is 5.26 Å². The number of nitriles is 1. The molecule has 5 heterocycles. The van der Waals surface area contributed by atoms with Crippen LogP contribution in [0.3, 0.4) is 0 Å². The van der Waals surface area contributed by atoms with Crippen LogP contribution in [0.15, 0.2) is 43.1 Å². The van der Waals surface area contributed by atoms with E-state index in [4.69, 9.17) is 24.0 Å². The van der Waals surface area contributed by atoms with Crippen molar-refractivity contribution in [3.05, 3.63) is 48.7 Å². The van der Waals surface area contributed by atoms with E-state index >= 15 is 0 Å². The van der Waals surface area contributed by atoms with Gasteiger partial charge in [0.15, 0.2) is 0 Å². The molecule has 1 unspecified atom stereocenters. The van der Waals surface area contributed by atoms with Crippen molar-refractivity contribution in [2.75, 3.05) is 32.2 Å². The number of nitrogens with zero attached hydrogens (tertiary/aromatic N) is 10. The molecule has 15 heteroatoms. The zero-order chi connectivity index (χ0) is 34.5. The molecule has 264 valence electrons. The van der Waals surface area contributed by atoms with Crippen LogP contribution in [0.2, 0.25) is 0 Å². The number of nitrogens with one attached hydrogen (secondary N) is 1. The standard InChI is InChI=1S/C35H45N11O4/c1-23(47-3)12-13-49-34-32(19-45(41-34)28-6-8-29(9-7-28)46-30-10-11-31(46)21-48-20-30)40-35-37-16-27(17-38-35)25-4-5-26(15-36)33(14-25)50-24(2)18-44-22-39-42-43-44/h4-5,14,16-17,19,22-24,28-31H,6-13,18,20-21H2,1-3H3,(H,37,38,40)/t23?,24-,28?,29?,30-,31+/m0/s1. The van der Waals surface area contributed by atoms with E-state index < -0.39 is 0 Å². The van der Waals surface area contributed by atoms with Crippen LogP contribution in [-0.4, -0.2) is 102 Å². The van der Waals surface area contributed by atoms with Gasteiger partial charge >= 0.3 is 0 Å². The summed E-state index contributed by atoms with van der Waals surface area (Å²) >= 11 is 0. The SMILES string of the molecule is COC(C)CCOc1nn(C2CCC(N3[C@@H]4CC[C@H]3COC4)CC2)cc1Nc1ncc(-c2ccc(C#N)c(O[C@@H](C)Cn3cnnn3)c2)cn1. The number of fused-ring (bicyclic) bond motifs is 2. The molecule has 1 aromatic carbocycles. The lowest BCUT2D eigenvalue weighted by Crippen LogP contribution is -2.52. The zero-order valence-electron chi connectivity index (χ0n) is 28.9. The zero-order valence-corrected chi connectivity index (χ0v) is 28.9. The van der Waals surface area contributed by atoms with Gasteiger partial charge in [0.05, 0.1) is 50.3 Å². The van der Waals surface area contributed by atoms with Gasteiger partial charge in [0.2, 0.25) is 5.95 Å². The second-order valence-electron chi connectivity index (χ2n) is 13.5. The third-order valence-electron chi connectivity index (χ3n) is 10.1. The van der Waals surface area contributed by atoms with Crippen molar-refractivity contribution in [3.8, 4) is 28.8 Å². The lowest BCUT2D eigenvalue weighted by Gasteiger charge is -2.43. The molecule has 1 saturated carbocycles. The number of rotatable bonds is 14. The molecular formula is C35H45N11O4. The summed E-state index contributed by atoms with van der Waals surface area (Å²) in [5, 5.41) is 29.2. The summed E-state index contributed by atoms with van der Waals surface area (Å²) in [5.41, 5.74) is 2.76. The number of methoxy groups -OCH3 is 1. The second-order valence-corrected chi connectivity index (χ2v) is 13.5. The van der Waals surface area contributed by atoms with Gasteiger partial charge in [-0.15, -0.1) is 10.2 Å². The quantitative estimate of drug-likeness (QED) is 0.197. The smallest absolute Gasteiger partial charge is 0.256 e. The number of hydrogen-bond donors (Lipinski definition) is 1. The molecule has 3 aromatic heterocycles. The van der Waals surface area contributed by atoms with E-state index in [1.807, 2.05) is 32.2 Å². The van der Waals surface area contributed by atoms with Gasteiger partial charge in [-0.1, -0.05) is 6.07 Å². The number of benzene rings is 1. The molecule has 1 aliphatic carbocycles. The molecule has 2 saturated heterocycles. The van der Waals surface area contributed by atoms with E-state index in [1.165, 1.54) is 19.2 Å². The Balaban J connectivity index is 1.03. The van der Waals surface area contributed by atoms with E-state index in [0.717, 1.165) is 62.1 Å². The fraction of sp³-hybridized carbons (Fsp3) is 0.571. The monoisotopic (exact) mass is 683 g/mol. The van der Waals surface area contributed by atoms with Crippen molar-refractivity contribution in [1.82, 2.24) is 44.9 Å². The first-order valence-corrected chi connectivity index (χ1v) is 17.6. The summed E-state index contributed by atoms with van der Waals surface area (Å²) in [5.74, 6) is 1.42. The van der Waals surface area contributed by atoms with Crippen molar-refractivity contribution < 1.29 is 18.9 Å². The van der Waals surface area contributed by atoms with Crippen molar-refractivity contribution in [3.63, 3.8) is 0 Å². The van der Waals surface area contributed by atoms with Gasteiger partial charge in [-0.05, 0) is 80.5 Å². The van der Waals surface area contributed by atoms with E-state index in [9.17, 15) is 5.26 Å². The maximum atomic E-state index is 9.68. The van der Waals surface area contributed by atoms with Crippen LogP contribution in [0.5, 0.6) is 11.6 Å². The molecule has 4 atom stereocenters. The maximum Gasteiger partial charge on any atom is 0.256 e. The molecule has 0 radical (unpaired) electrons. The molecule has 2 aliphatic heterocycles. The minimum Gasteiger partial charge on any atom is -0.487 e. The summed E-state index contributed by atoms with van der Waals surface area (Å²) in [6.45, 7) is 6.59. The van der Waals surface area contributed by atoms with E-state index in [0.29, 0.717) is 60.5 Å². The molecule has 4 aromatic rings. The van der Waals surface area contributed by atoms with E-state index in [1.54, 1.807) is 30.3 Å². The lowest BCUT2D eigenvalue weighted by molar-refractivity contribution is -0.0458. The average Bonchev–Trinajstić information content (AvgIpc) is 3.86. The third-order valence-corrected chi connectivity index (χ3v) is 10.1. The van der Waals surface area contributed by atoms with Crippen LogP contribution in [0.25, 0.3) is 11.1 Å². The molecule has 1 N–H and O–H groups in total. The van der Waals surface area contributed by atoms with Gasteiger partial charge in [0, 0.05) is 49.6 Å². The molecule has 0 amide bonds. The highest BCUT2D eigenvalue weighted by atomic mass is 16.5. The van der Waals surface area contributed by atoms with Crippen LogP contribution in [0, 0.1) is 11.3 Å². The van der Waals surface area contributed by atoms with Crippen LogP contribution in [-0.2, 0) is 16.0 Å². The summed E-state index contributed by atoms with van der Waals surface area (Å²) in [6.07, 6.45) is 14.6. The van der Waals surface area contributed by atoms with Gasteiger partial charge in [0.25, 0.3) is 5.88 Å². The van der Waals surface area contributed by atoms with Crippen molar-refractivity contribution >= 4 is 11.6 Å². The van der Waals surface area contributed by atoms with Gasteiger partial charge in [-0.25, -0.2) is 14.6 Å². The first-order valence-electron chi connectivity index (χ1n) is 17.6. The Morgan fingerprint density at radius 1 is 0.980 bits per heavy atom. The largest absolute Gasteiger partial charge is 0.487 e. The van der Waals surface area contributed by atoms with E-state index in [2.05, 4.69) is 46.5 Å². The summed E-state index contributed by atoms with van der Waals surface area (Å²) in [6, 6.07) is 9.72. The topological polar surface area (TPSA) is 163 Å². The normalized spacial score (nSPS) is 23.2. The lowest BCUT2D eigenvalue weighted by atomic mass is 9.89. The predicted molar refractivity (Wildman–Crippen MR) is 183 cm³/mol. The Morgan fingerprint density at radius 3 is 2.42 bits per heavy atom. The number of hydrogen-bond acceptors (Lipinski definition) is 13. The maximum absolute atomic E-state index is 9.68. The average molecular weight is 684 g/mol. The van der Waals surface area contributed by atoms with Crippen molar-refractivity contribution in [1.29, 1.82) is 5.26 Å². The van der Waals surface area contributed by atoms with Gasteiger partial charge in [0.1, 0.15) is 29.9 Å². The minimum absolute atomic E-state index is 0.0810. The first-order chi connectivity index (χ1) is 24.5. The Kier molecular flexibility index (Phi) is 10.5. The molecule has 7 rings (SSSR count). The molecule has 3 fully saturated rings. The van der Waals surface area contributed by atoms with Gasteiger partial charge in [-0.3, -0.25) is 9.58 Å². The Morgan fingerprint density at radius 2 is 1.72 bits per heavy atom. The third kappa shape index (κ3) is 7.72. The summed E-state index contributed by atoms with van der Waals surface area (Å²) in [4.78, 5) is 12.0. The first kappa shape index (κ1) is 33.8. The molecule has 15 nitrogen and oxygen atoms in total. The van der Waals surface area contributed by atoms with Crippen LogP contribution in [0.1, 0.15) is 70.4 Å². The number of tetrazole rings is 1. The van der Waals surface area contributed by atoms with Gasteiger partial charge < -0.3 is 24.3 Å². The number of aromatic nitrogens is 8. The Bertz CT molecular complexity index is 1720. The number of morpholine rings is 1. The van der Waals surface area contributed by atoms with Crippen LogP contribution < -0.4 is 14.8 Å². The van der Waals surface area contributed by atoms with E-state index in [-0.39, 0.29) is 12.2 Å². The number of anilines is 2. The number of ether oxygens (including phenoxy) is 4. The van der Waals surface area contributed by atoms with Crippen molar-refractivity contribution in [2.45, 2.75) is 102 Å². The fourth-order valence-corrected chi connectivity index (χ4v) is 7.41. The Hall–Kier alpha value is -4.65.